The van der Waals surface area contributed by atoms with Crippen LogP contribution in [0.5, 0.6) is 0 Å². The van der Waals surface area contributed by atoms with Gasteiger partial charge in [0, 0.05) is 23.7 Å². The number of carbonyl (C=O) groups is 2. The van der Waals surface area contributed by atoms with Crippen molar-refractivity contribution in [3.63, 3.8) is 0 Å². The number of nitrogens with zero attached hydrogens (tertiary/aromatic N) is 2. The number of rotatable bonds is 5. The highest BCUT2D eigenvalue weighted by atomic mass is 32.1. The van der Waals surface area contributed by atoms with Crippen molar-refractivity contribution >= 4 is 34.5 Å². The summed E-state index contributed by atoms with van der Waals surface area (Å²) in [5, 5.41) is 11.5. The Hall–Kier alpha value is -3.78. The number of benzene rings is 2. The Balaban J connectivity index is 1.52. The number of thiophene rings is 1. The summed E-state index contributed by atoms with van der Waals surface area (Å²) in [6.07, 6.45) is 0. The van der Waals surface area contributed by atoms with E-state index in [1.54, 1.807) is 30.3 Å². The van der Waals surface area contributed by atoms with Crippen LogP contribution < -0.4 is 10.6 Å². The lowest BCUT2D eigenvalue weighted by atomic mass is 10.1. The minimum Gasteiger partial charge on any atom is -0.333 e. The van der Waals surface area contributed by atoms with Crippen molar-refractivity contribution in [3.8, 4) is 22.2 Å². The van der Waals surface area contributed by atoms with E-state index in [2.05, 4.69) is 20.8 Å². The minimum atomic E-state index is -0.276. The van der Waals surface area contributed by atoms with Gasteiger partial charge in [0.05, 0.1) is 5.69 Å². The molecular weight excluding hydrogens is 400 g/mol. The third-order valence-corrected chi connectivity index (χ3v) is 5.21. The molecule has 0 spiro atoms. The molecule has 4 aromatic rings. The highest BCUT2D eigenvalue weighted by molar-refractivity contribution is 7.14. The summed E-state index contributed by atoms with van der Waals surface area (Å²) >= 11 is 1.40. The Kier molecular flexibility index (Phi) is 5.40. The van der Waals surface area contributed by atoms with E-state index < -0.39 is 0 Å². The zero-order valence-corrected chi connectivity index (χ0v) is 17.1. The topological polar surface area (TPSA) is 97.1 Å². The van der Waals surface area contributed by atoms with E-state index in [9.17, 15) is 9.59 Å². The molecule has 2 N–H and O–H groups in total. The van der Waals surface area contributed by atoms with Crippen LogP contribution in [0.25, 0.3) is 22.2 Å². The summed E-state index contributed by atoms with van der Waals surface area (Å²) in [6.45, 7) is 3.44. The van der Waals surface area contributed by atoms with Gasteiger partial charge >= 0.3 is 0 Å². The van der Waals surface area contributed by atoms with E-state index in [0.717, 1.165) is 11.1 Å². The molecule has 7 nitrogen and oxygen atoms in total. The molecule has 0 aliphatic rings. The third-order valence-electron chi connectivity index (χ3n) is 4.31. The average molecular weight is 418 g/mol. The van der Waals surface area contributed by atoms with Crippen LogP contribution in [0.15, 0.2) is 64.5 Å². The first-order valence-corrected chi connectivity index (χ1v) is 10.0. The van der Waals surface area contributed by atoms with Crippen molar-refractivity contribution in [1.29, 1.82) is 0 Å². The average Bonchev–Trinajstić information content (AvgIpc) is 3.38. The van der Waals surface area contributed by atoms with Crippen LogP contribution in [-0.2, 0) is 4.79 Å². The van der Waals surface area contributed by atoms with Crippen molar-refractivity contribution in [1.82, 2.24) is 10.1 Å². The van der Waals surface area contributed by atoms with Gasteiger partial charge in [-0.25, -0.2) is 0 Å². The molecule has 4 rings (SSSR count). The van der Waals surface area contributed by atoms with Gasteiger partial charge < -0.3 is 15.2 Å². The van der Waals surface area contributed by atoms with Crippen LogP contribution in [0.3, 0.4) is 0 Å². The molecule has 2 heterocycles. The van der Waals surface area contributed by atoms with Crippen LogP contribution in [0.4, 0.5) is 11.4 Å². The molecule has 0 atom stereocenters. The predicted molar refractivity (Wildman–Crippen MR) is 116 cm³/mol. The smallest absolute Gasteiger partial charge is 0.270 e. The number of carbonyl (C=O) groups excluding carboxylic acids is 2. The molecular formula is C22H18N4O3S. The molecule has 0 bridgehead atoms. The van der Waals surface area contributed by atoms with Gasteiger partial charge in [-0.05, 0) is 42.6 Å². The molecule has 0 radical (unpaired) electrons. The first-order valence-electron chi connectivity index (χ1n) is 9.17. The number of nitrogens with one attached hydrogen (secondary N) is 2. The van der Waals surface area contributed by atoms with Gasteiger partial charge in [-0.15, -0.1) is 11.3 Å². The van der Waals surface area contributed by atoms with Gasteiger partial charge in [0.25, 0.3) is 11.8 Å². The SMILES string of the molecule is CC(=O)Nc1ccc(C(=O)Nc2ccsc2-c2nc(-c3ccc(C)cc3)no2)cc1. The summed E-state index contributed by atoms with van der Waals surface area (Å²) in [6, 6.07) is 16.3. The summed E-state index contributed by atoms with van der Waals surface area (Å²) in [7, 11) is 0. The molecule has 30 heavy (non-hydrogen) atoms. The van der Waals surface area contributed by atoms with Crippen molar-refractivity contribution < 1.29 is 14.1 Å². The monoisotopic (exact) mass is 418 g/mol. The first kappa shape index (κ1) is 19.5. The lowest BCUT2D eigenvalue weighted by Gasteiger charge is -2.06. The number of hydrogen-bond donors (Lipinski definition) is 2. The fraction of sp³-hybridized carbons (Fsp3) is 0.0909. The highest BCUT2D eigenvalue weighted by Crippen LogP contribution is 2.34. The first-order chi connectivity index (χ1) is 14.5. The van der Waals surface area contributed by atoms with Crippen molar-refractivity contribution in [3.05, 3.63) is 71.1 Å². The van der Waals surface area contributed by atoms with E-state index in [1.807, 2.05) is 36.6 Å². The molecule has 0 saturated heterocycles. The standard InChI is InChI=1S/C22H18N4O3S/c1-13-3-5-15(6-4-13)20-25-22(29-26-20)19-18(11-12-30-19)24-21(28)16-7-9-17(10-8-16)23-14(2)27/h3-12H,1-2H3,(H,23,27)(H,24,28). The molecule has 0 unspecified atom stereocenters. The van der Waals surface area contributed by atoms with Crippen LogP contribution >= 0.6 is 11.3 Å². The van der Waals surface area contributed by atoms with Crippen molar-refractivity contribution in [2.24, 2.45) is 0 Å². The Morgan fingerprint density at radius 3 is 2.40 bits per heavy atom. The Bertz CT molecular complexity index is 1190. The zero-order valence-electron chi connectivity index (χ0n) is 16.3. The van der Waals surface area contributed by atoms with Crippen LogP contribution in [-0.4, -0.2) is 22.0 Å². The number of hydrogen-bond acceptors (Lipinski definition) is 6. The summed E-state index contributed by atoms with van der Waals surface area (Å²) in [4.78, 5) is 28.9. The van der Waals surface area contributed by atoms with E-state index >= 15 is 0 Å². The zero-order chi connectivity index (χ0) is 21.1. The third kappa shape index (κ3) is 4.28. The largest absolute Gasteiger partial charge is 0.333 e. The molecule has 0 aliphatic heterocycles. The molecule has 0 saturated carbocycles. The van der Waals surface area contributed by atoms with Gasteiger partial charge in [-0.1, -0.05) is 35.0 Å². The van der Waals surface area contributed by atoms with E-state index in [-0.39, 0.29) is 11.8 Å². The van der Waals surface area contributed by atoms with Gasteiger partial charge in [0.1, 0.15) is 4.88 Å². The van der Waals surface area contributed by atoms with Gasteiger partial charge in [-0.2, -0.15) is 4.98 Å². The lowest BCUT2D eigenvalue weighted by Crippen LogP contribution is -2.12. The van der Waals surface area contributed by atoms with Crippen LogP contribution in [0.2, 0.25) is 0 Å². The van der Waals surface area contributed by atoms with Gasteiger partial charge in [0.2, 0.25) is 11.7 Å². The number of aryl methyl sites for hydroxylation is 1. The molecule has 0 aliphatic carbocycles. The summed E-state index contributed by atoms with van der Waals surface area (Å²) < 4.78 is 5.43. The number of aromatic nitrogens is 2. The molecule has 0 fully saturated rings. The summed E-state index contributed by atoms with van der Waals surface area (Å²) in [5.74, 6) is 0.392. The normalized spacial score (nSPS) is 10.6. The molecule has 150 valence electrons. The number of amides is 2. The molecule has 2 aromatic heterocycles. The maximum atomic E-state index is 12.6. The minimum absolute atomic E-state index is 0.167. The van der Waals surface area contributed by atoms with Crippen LogP contribution in [0.1, 0.15) is 22.8 Å². The second-order valence-electron chi connectivity index (χ2n) is 6.67. The van der Waals surface area contributed by atoms with E-state index in [1.165, 1.54) is 18.3 Å². The highest BCUT2D eigenvalue weighted by Gasteiger charge is 2.18. The molecule has 8 heteroatoms. The van der Waals surface area contributed by atoms with Gasteiger partial charge in [0.15, 0.2) is 0 Å². The maximum absolute atomic E-state index is 12.6. The van der Waals surface area contributed by atoms with Crippen LogP contribution in [0, 0.1) is 6.92 Å². The fourth-order valence-electron chi connectivity index (χ4n) is 2.81. The fourth-order valence-corrected chi connectivity index (χ4v) is 3.58. The van der Waals surface area contributed by atoms with Crippen molar-refractivity contribution in [2.75, 3.05) is 10.6 Å². The van der Waals surface area contributed by atoms with E-state index in [4.69, 9.17) is 4.52 Å². The molecule has 2 aromatic carbocycles. The maximum Gasteiger partial charge on any atom is 0.270 e. The van der Waals surface area contributed by atoms with Gasteiger partial charge in [-0.3, -0.25) is 9.59 Å². The molecule has 2 amide bonds. The second-order valence-corrected chi connectivity index (χ2v) is 7.58. The lowest BCUT2D eigenvalue weighted by molar-refractivity contribution is -0.114. The van der Waals surface area contributed by atoms with E-state index in [0.29, 0.717) is 33.5 Å². The van der Waals surface area contributed by atoms with Crippen molar-refractivity contribution in [2.45, 2.75) is 13.8 Å². The summed E-state index contributed by atoms with van der Waals surface area (Å²) in [5.41, 5.74) is 3.69. The Morgan fingerprint density at radius 1 is 0.967 bits per heavy atom. The predicted octanol–water partition coefficient (Wildman–Crippen LogP) is 4.98. The Labute approximate surface area is 176 Å². The second kappa shape index (κ2) is 8.30. The quantitative estimate of drug-likeness (QED) is 0.476. The Morgan fingerprint density at radius 2 is 1.70 bits per heavy atom. The number of anilines is 2.